The molecule has 1 heterocycles. The van der Waals surface area contributed by atoms with E-state index < -0.39 is 5.97 Å². The Hall–Kier alpha value is -2.10. The molecule has 0 aliphatic carbocycles. The number of aliphatic carboxylic acids is 1. The largest absolute Gasteiger partial charge is 0.496 e. The lowest BCUT2D eigenvalue weighted by Crippen LogP contribution is -2.03. The summed E-state index contributed by atoms with van der Waals surface area (Å²) in [6, 6.07) is 5.76. The van der Waals surface area contributed by atoms with Crippen molar-refractivity contribution >= 4 is 16.9 Å². The van der Waals surface area contributed by atoms with Crippen LogP contribution in [0.15, 0.2) is 24.4 Å². The summed E-state index contributed by atoms with van der Waals surface area (Å²) in [6.07, 6.45) is 1.49. The second-order valence-corrected chi connectivity index (χ2v) is 3.86. The number of carboxylic acid groups (broad SMARTS) is 1. The van der Waals surface area contributed by atoms with E-state index in [0.717, 1.165) is 16.5 Å². The number of pyridine rings is 1. The summed E-state index contributed by atoms with van der Waals surface area (Å²) in [5, 5.41) is 9.68. The number of ether oxygens (including phenoxy) is 1. The van der Waals surface area contributed by atoms with E-state index in [4.69, 9.17) is 9.84 Å². The maximum Gasteiger partial charge on any atom is 0.308 e. The van der Waals surface area contributed by atoms with Gasteiger partial charge in [-0.3, -0.25) is 9.78 Å². The molecule has 0 radical (unpaired) electrons. The summed E-state index contributed by atoms with van der Waals surface area (Å²) in [5.41, 5.74) is 2.49. The molecule has 0 aliphatic heterocycles. The first-order chi connectivity index (χ1) is 8.13. The Morgan fingerprint density at radius 1 is 1.47 bits per heavy atom. The van der Waals surface area contributed by atoms with Gasteiger partial charge in [-0.25, -0.2) is 0 Å². The third-order valence-corrected chi connectivity index (χ3v) is 2.67. The predicted octanol–water partition coefficient (Wildman–Crippen LogP) is 2.18. The Labute approximate surface area is 98.9 Å². The van der Waals surface area contributed by atoms with Crippen molar-refractivity contribution in [2.45, 2.75) is 13.3 Å². The molecule has 0 aliphatic rings. The average Bonchev–Trinajstić information content (AvgIpc) is 2.28. The summed E-state index contributed by atoms with van der Waals surface area (Å²) in [5.74, 6) is -0.293. The van der Waals surface area contributed by atoms with Crippen molar-refractivity contribution in [2.75, 3.05) is 7.11 Å². The van der Waals surface area contributed by atoms with Gasteiger partial charge >= 0.3 is 5.97 Å². The number of hydrogen-bond acceptors (Lipinski definition) is 3. The molecule has 0 amide bonds. The highest BCUT2D eigenvalue weighted by Crippen LogP contribution is 2.29. The maximum atomic E-state index is 10.8. The van der Waals surface area contributed by atoms with Crippen LogP contribution in [-0.4, -0.2) is 23.2 Å². The van der Waals surface area contributed by atoms with Gasteiger partial charge < -0.3 is 9.84 Å². The van der Waals surface area contributed by atoms with Crippen molar-refractivity contribution in [3.05, 3.63) is 35.5 Å². The normalized spacial score (nSPS) is 10.5. The molecule has 2 aromatic rings. The van der Waals surface area contributed by atoms with E-state index in [0.29, 0.717) is 11.3 Å². The van der Waals surface area contributed by atoms with Crippen molar-refractivity contribution in [3.63, 3.8) is 0 Å². The van der Waals surface area contributed by atoms with E-state index in [-0.39, 0.29) is 6.42 Å². The Morgan fingerprint density at radius 3 is 2.88 bits per heavy atom. The van der Waals surface area contributed by atoms with Gasteiger partial charge in [-0.05, 0) is 18.6 Å². The van der Waals surface area contributed by atoms with Crippen LogP contribution in [0.4, 0.5) is 0 Å². The molecule has 1 aromatic heterocycles. The van der Waals surface area contributed by atoms with E-state index in [2.05, 4.69) is 4.98 Å². The summed E-state index contributed by atoms with van der Waals surface area (Å²) < 4.78 is 5.31. The van der Waals surface area contributed by atoms with Crippen molar-refractivity contribution in [2.24, 2.45) is 0 Å². The van der Waals surface area contributed by atoms with Gasteiger partial charge in [0.25, 0.3) is 0 Å². The monoisotopic (exact) mass is 231 g/mol. The smallest absolute Gasteiger partial charge is 0.308 e. The van der Waals surface area contributed by atoms with Crippen LogP contribution in [0.2, 0.25) is 0 Å². The fourth-order valence-electron chi connectivity index (χ4n) is 1.92. The summed E-state index contributed by atoms with van der Waals surface area (Å²) in [6.45, 7) is 1.96. The molecular weight excluding hydrogens is 218 g/mol. The minimum Gasteiger partial charge on any atom is -0.496 e. The quantitative estimate of drug-likeness (QED) is 0.879. The van der Waals surface area contributed by atoms with E-state index in [1.54, 1.807) is 13.3 Å². The van der Waals surface area contributed by atoms with E-state index in [1.165, 1.54) is 0 Å². The SMILES string of the molecule is COc1c(CC(=O)O)cnc2c(C)cccc12. The van der Waals surface area contributed by atoms with Crippen LogP contribution in [0.1, 0.15) is 11.1 Å². The Kier molecular flexibility index (Phi) is 2.95. The van der Waals surface area contributed by atoms with E-state index in [1.807, 2.05) is 25.1 Å². The number of benzene rings is 1. The van der Waals surface area contributed by atoms with Crippen LogP contribution in [0.25, 0.3) is 10.9 Å². The first-order valence-electron chi connectivity index (χ1n) is 5.26. The molecule has 88 valence electrons. The second kappa shape index (κ2) is 4.41. The maximum absolute atomic E-state index is 10.8. The van der Waals surface area contributed by atoms with Gasteiger partial charge in [-0.2, -0.15) is 0 Å². The fourth-order valence-corrected chi connectivity index (χ4v) is 1.92. The number of aromatic nitrogens is 1. The van der Waals surface area contributed by atoms with Gasteiger partial charge in [-0.1, -0.05) is 12.1 Å². The first-order valence-corrected chi connectivity index (χ1v) is 5.26. The van der Waals surface area contributed by atoms with Crippen LogP contribution in [0.5, 0.6) is 5.75 Å². The van der Waals surface area contributed by atoms with Gasteiger partial charge in [0.1, 0.15) is 5.75 Å². The fraction of sp³-hybridized carbons (Fsp3) is 0.231. The number of nitrogens with zero attached hydrogens (tertiary/aromatic N) is 1. The van der Waals surface area contributed by atoms with Crippen LogP contribution in [0, 0.1) is 6.92 Å². The lowest BCUT2D eigenvalue weighted by atomic mass is 10.1. The van der Waals surface area contributed by atoms with Crippen LogP contribution < -0.4 is 4.74 Å². The summed E-state index contributed by atoms with van der Waals surface area (Å²) in [7, 11) is 1.54. The highest BCUT2D eigenvalue weighted by Gasteiger charge is 2.12. The average molecular weight is 231 g/mol. The summed E-state index contributed by atoms with van der Waals surface area (Å²) >= 11 is 0. The van der Waals surface area contributed by atoms with Crippen molar-refractivity contribution in [3.8, 4) is 5.75 Å². The number of carbonyl (C=O) groups is 1. The van der Waals surface area contributed by atoms with Crippen molar-refractivity contribution < 1.29 is 14.6 Å². The van der Waals surface area contributed by atoms with Gasteiger partial charge in [0.2, 0.25) is 0 Å². The molecule has 0 saturated carbocycles. The molecule has 0 bridgehead atoms. The van der Waals surface area contributed by atoms with Gasteiger partial charge in [0.05, 0.1) is 19.0 Å². The molecule has 4 heteroatoms. The molecule has 0 atom stereocenters. The highest BCUT2D eigenvalue weighted by molar-refractivity contribution is 5.89. The number of aryl methyl sites for hydroxylation is 1. The topological polar surface area (TPSA) is 59.4 Å². The van der Waals surface area contributed by atoms with Crippen molar-refractivity contribution in [1.82, 2.24) is 4.98 Å². The zero-order chi connectivity index (χ0) is 12.4. The Balaban J connectivity index is 2.69. The number of rotatable bonds is 3. The zero-order valence-corrected chi connectivity index (χ0v) is 9.73. The van der Waals surface area contributed by atoms with Crippen LogP contribution in [-0.2, 0) is 11.2 Å². The number of methoxy groups -OCH3 is 1. The molecule has 2 rings (SSSR count). The number of carboxylic acids is 1. The number of fused-ring (bicyclic) bond motifs is 1. The first kappa shape index (κ1) is 11.4. The Morgan fingerprint density at radius 2 is 2.24 bits per heavy atom. The molecule has 0 saturated heterocycles. The van der Waals surface area contributed by atoms with Gasteiger partial charge in [0, 0.05) is 17.1 Å². The van der Waals surface area contributed by atoms with Crippen LogP contribution >= 0.6 is 0 Å². The third-order valence-electron chi connectivity index (χ3n) is 2.67. The van der Waals surface area contributed by atoms with E-state index >= 15 is 0 Å². The standard InChI is InChI=1S/C13H13NO3/c1-8-4-3-5-10-12(8)14-7-9(6-11(15)16)13(10)17-2/h3-5,7H,6H2,1-2H3,(H,15,16). The molecular formula is C13H13NO3. The number of hydrogen-bond donors (Lipinski definition) is 1. The molecule has 17 heavy (non-hydrogen) atoms. The van der Waals surface area contributed by atoms with Crippen molar-refractivity contribution in [1.29, 1.82) is 0 Å². The predicted molar refractivity (Wildman–Crippen MR) is 64.4 cm³/mol. The Bertz CT molecular complexity index is 578. The minimum absolute atomic E-state index is 0.0833. The van der Waals surface area contributed by atoms with E-state index in [9.17, 15) is 4.79 Å². The van der Waals surface area contributed by atoms with Gasteiger partial charge in [0.15, 0.2) is 0 Å². The van der Waals surface area contributed by atoms with Crippen LogP contribution in [0.3, 0.4) is 0 Å². The molecule has 0 fully saturated rings. The molecule has 0 unspecified atom stereocenters. The molecule has 1 aromatic carbocycles. The zero-order valence-electron chi connectivity index (χ0n) is 9.73. The lowest BCUT2D eigenvalue weighted by molar-refractivity contribution is -0.136. The van der Waals surface area contributed by atoms with Gasteiger partial charge in [-0.15, -0.1) is 0 Å². The molecule has 1 N–H and O–H groups in total. The summed E-state index contributed by atoms with van der Waals surface area (Å²) in [4.78, 5) is 15.1. The molecule has 0 spiro atoms. The number of para-hydroxylation sites is 1. The third kappa shape index (κ3) is 2.06. The lowest BCUT2D eigenvalue weighted by Gasteiger charge is -2.10. The second-order valence-electron chi connectivity index (χ2n) is 3.86. The molecule has 4 nitrogen and oxygen atoms in total. The highest BCUT2D eigenvalue weighted by atomic mass is 16.5. The minimum atomic E-state index is -0.892.